The van der Waals surface area contributed by atoms with E-state index in [2.05, 4.69) is 11.0 Å². The van der Waals surface area contributed by atoms with Gasteiger partial charge in [-0.2, -0.15) is 5.26 Å². The number of rotatable bonds is 2. The molecule has 1 aliphatic carbocycles. The molecule has 7 heteroatoms. The zero-order valence-electron chi connectivity index (χ0n) is 15.4. The van der Waals surface area contributed by atoms with E-state index in [9.17, 15) is 14.9 Å². The number of ether oxygens (including phenoxy) is 1. The lowest BCUT2D eigenvalue weighted by Crippen LogP contribution is -2.51. The van der Waals surface area contributed by atoms with Crippen LogP contribution in [0.25, 0.3) is 0 Å². The minimum absolute atomic E-state index is 0.189. The van der Waals surface area contributed by atoms with Gasteiger partial charge in [-0.1, -0.05) is 0 Å². The summed E-state index contributed by atoms with van der Waals surface area (Å²) in [6.07, 6.45) is 4.17. The first kappa shape index (κ1) is 18.2. The van der Waals surface area contributed by atoms with E-state index in [-0.39, 0.29) is 6.61 Å². The minimum Gasteiger partial charge on any atom is -0.459 e. The standard InChI is InChI=1S/C19H24N4O3/c1-3-26-19(25)18(24)23-10-8-22(9-11-23)17-16(12-20)15-7-5-4-6-14(15)13(2)21-17/h3-11H2,1-2H3. The molecule has 1 amide bonds. The van der Waals surface area contributed by atoms with Crippen molar-refractivity contribution in [3.8, 4) is 6.07 Å². The molecule has 1 aromatic rings. The average Bonchev–Trinajstić information content (AvgIpc) is 2.67. The summed E-state index contributed by atoms with van der Waals surface area (Å²) < 4.78 is 4.78. The second-order valence-electron chi connectivity index (χ2n) is 6.67. The van der Waals surface area contributed by atoms with Crippen molar-refractivity contribution < 1.29 is 14.3 Å². The van der Waals surface area contributed by atoms with Crippen LogP contribution in [-0.2, 0) is 27.2 Å². The molecule has 0 atom stereocenters. The van der Waals surface area contributed by atoms with E-state index >= 15 is 0 Å². The molecule has 0 unspecified atom stereocenters. The van der Waals surface area contributed by atoms with Crippen LogP contribution < -0.4 is 4.90 Å². The van der Waals surface area contributed by atoms with E-state index in [0.29, 0.717) is 37.6 Å². The molecule has 2 heterocycles. The third-order valence-electron chi connectivity index (χ3n) is 5.13. The van der Waals surface area contributed by atoms with Gasteiger partial charge in [-0.15, -0.1) is 0 Å². The number of carbonyl (C=O) groups is 2. The predicted octanol–water partition coefficient (Wildman–Crippen LogP) is 1.35. The number of fused-ring (bicyclic) bond motifs is 1. The number of aromatic nitrogens is 1. The Morgan fingerprint density at radius 1 is 1.15 bits per heavy atom. The molecular formula is C19H24N4O3. The van der Waals surface area contributed by atoms with Gasteiger partial charge in [0.2, 0.25) is 0 Å². The summed E-state index contributed by atoms with van der Waals surface area (Å²) in [4.78, 5) is 32.0. The van der Waals surface area contributed by atoms with E-state index in [1.54, 1.807) is 6.92 Å². The smallest absolute Gasteiger partial charge is 0.397 e. The maximum absolute atomic E-state index is 12.1. The van der Waals surface area contributed by atoms with Gasteiger partial charge in [0.15, 0.2) is 0 Å². The van der Waals surface area contributed by atoms with Crippen LogP contribution in [0.1, 0.15) is 42.1 Å². The molecule has 1 aliphatic heterocycles. The van der Waals surface area contributed by atoms with E-state index in [4.69, 9.17) is 9.72 Å². The Bertz CT molecular complexity index is 761. The van der Waals surface area contributed by atoms with Crippen molar-refractivity contribution in [1.29, 1.82) is 5.26 Å². The summed E-state index contributed by atoms with van der Waals surface area (Å²) in [5.74, 6) is -0.683. The van der Waals surface area contributed by atoms with Gasteiger partial charge in [-0.3, -0.25) is 4.79 Å². The Hall–Kier alpha value is -2.62. The Kier molecular flexibility index (Phi) is 5.40. The van der Waals surface area contributed by atoms with Gasteiger partial charge >= 0.3 is 11.9 Å². The van der Waals surface area contributed by atoms with Gasteiger partial charge in [0.05, 0.1) is 12.2 Å². The fraction of sp³-hybridized carbons (Fsp3) is 0.579. The van der Waals surface area contributed by atoms with Crippen molar-refractivity contribution in [3.63, 3.8) is 0 Å². The quantitative estimate of drug-likeness (QED) is 0.587. The molecule has 26 heavy (non-hydrogen) atoms. The zero-order chi connectivity index (χ0) is 18.7. The molecule has 3 rings (SSSR count). The molecule has 0 bridgehead atoms. The highest BCUT2D eigenvalue weighted by molar-refractivity contribution is 6.32. The SMILES string of the molecule is CCOC(=O)C(=O)N1CCN(c2nc(C)c3c(c2C#N)CCCC3)CC1. The first-order chi connectivity index (χ1) is 12.6. The van der Waals surface area contributed by atoms with Crippen LogP contribution in [-0.4, -0.2) is 54.5 Å². The Balaban J connectivity index is 1.78. The van der Waals surface area contributed by atoms with Crippen molar-refractivity contribution in [2.24, 2.45) is 0 Å². The van der Waals surface area contributed by atoms with Gasteiger partial charge in [0.1, 0.15) is 11.9 Å². The number of hydrogen-bond acceptors (Lipinski definition) is 6. The lowest BCUT2D eigenvalue weighted by atomic mass is 9.88. The number of nitrogens with zero attached hydrogens (tertiary/aromatic N) is 4. The highest BCUT2D eigenvalue weighted by atomic mass is 16.5. The van der Waals surface area contributed by atoms with Crippen LogP contribution in [0, 0.1) is 18.3 Å². The maximum atomic E-state index is 12.1. The largest absolute Gasteiger partial charge is 0.459 e. The zero-order valence-corrected chi connectivity index (χ0v) is 15.4. The summed E-state index contributed by atoms with van der Waals surface area (Å²) in [5, 5.41) is 9.73. The van der Waals surface area contributed by atoms with E-state index < -0.39 is 11.9 Å². The van der Waals surface area contributed by atoms with Crippen molar-refractivity contribution in [2.45, 2.75) is 39.5 Å². The van der Waals surface area contributed by atoms with Crippen LogP contribution in [0.5, 0.6) is 0 Å². The summed E-state index contributed by atoms with van der Waals surface area (Å²) in [7, 11) is 0. The molecule has 2 aliphatic rings. The Morgan fingerprint density at radius 2 is 1.81 bits per heavy atom. The second-order valence-corrected chi connectivity index (χ2v) is 6.67. The summed E-state index contributed by atoms with van der Waals surface area (Å²) >= 11 is 0. The van der Waals surface area contributed by atoms with E-state index in [0.717, 1.165) is 36.9 Å². The number of amides is 1. The lowest BCUT2D eigenvalue weighted by Gasteiger charge is -2.36. The number of nitriles is 1. The van der Waals surface area contributed by atoms with E-state index in [1.807, 2.05) is 6.92 Å². The fourth-order valence-corrected chi connectivity index (χ4v) is 3.79. The van der Waals surface area contributed by atoms with Gasteiger partial charge in [-0.05, 0) is 50.7 Å². The number of carbonyl (C=O) groups excluding carboxylic acids is 2. The third kappa shape index (κ3) is 3.36. The van der Waals surface area contributed by atoms with Gasteiger partial charge in [0, 0.05) is 31.9 Å². The molecule has 7 nitrogen and oxygen atoms in total. The topological polar surface area (TPSA) is 86.5 Å². The molecule has 0 radical (unpaired) electrons. The predicted molar refractivity (Wildman–Crippen MR) is 95.8 cm³/mol. The van der Waals surface area contributed by atoms with Crippen molar-refractivity contribution >= 4 is 17.7 Å². The van der Waals surface area contributed by atoms with Crippen LogP contribution in [0.4, 0.5) is 5.82 Å². The second kappa shape index (κ2) is 7.73. The van der Waals surface area contributed by atoms with Crippen molar-refractivity contribution in [3.05, 3.63) is 22.4 Å². The number of piperazine rings is 1. The first-order valence-electron chi connectivity index (χ1n) is 9.20. The van der Waals surface area contributed by atoms with Crippen LogP contribution in [0.2, 0.25) is 0 Å². The molecule has 0 saturated carbocycles. The molecule has 0 N–H and O–H groups in total. The first-order valence-corrected chi connectivity index (χ1v) is 9.20. The molecule has 1 aromatic heterocycles. The fourth-order valence-electron chi connectivity index (χ4n) is 3.79. The Morgan fingerprint density at radius 3 is 2.42 bits per heavy atom. The van der Waals surface area contributed by atoms with Gasteiger partial charge in [0.25, 0.3) is 0 Å². The van der Waals surface area contributed by atoms with Crippen LogP contribution in [0.15, 0.2) is 0 Å². The summed E-state index contributed by atoms with van der Waals surface area (Å²) in [6.45, 7) is 5.80. The van der Waals surface area contributed by atoms with Crippen LogP contribution in [0.3, 0.4) is 0 Å². The molecular weight excluding hydrogens is 332 g/mol. The molecule has 0 spiro atoms. The molecule has 1 saturated heterocycles. The lowest BCUT2D eigenvalue weighted by molar-refractivity contribution is -0.160. The third-order valence-corrected chi connectivity index (χ3v) is 5.13. The van der Waals surface area contributed by atoms with Crippen molar-refractivity contribution in [2.75, 3.05) is 37.7 Å². The monoisotopic (exact) mass is 356 g/mol. The maximum Gasteiger partial charge on any atom is 0.397 e. The summed E-state index contributed by atoms with van der Waals surface area (Å²) in [5.41, 5.74) is 4.05. The Labute approximate surface area is 153 Å². The molecule has 1 fully saturated rings. The number of pyridine rings is 1. The summed E-state index contributed by atoms with van der Waals surface area (Å²) in [6, 6.07) is 2.36. The normalized spacial score (nSPS) is 16.7. The number of anilines is 1. The van der Waals surface area contributed by atoms with E-state index in [1.165, 1.54) is 10.5 Å². The van der Waals surface area contributed by atoms with Crippen LogP contribution >= 0.6 is 0 Å². The highest BCUT2D eigenvalue weighted by Crippen LogP contribution is 2.32. The van der Waals surface area contributed by atoms with Gasteiger partial charge < -0.3 is 14.5 Å². The molecule has 0 aromatic carbocycles. The number of aryl methyl sites for hydroxylation is 1. The minimum atomic E-state index is -0.804. The number of hydrogen-bond donors (Lipinski definition) is 0. The van der Waals surface area contributed by atoms with Crippen molar-refractivity contribution in [1.82, 2.24) is 9.88 Å². The average molecular weight is 356 g/mol. The van der Waals surface area contributed by atoms with Gasteiger partial charge in [-0.25, -0.2) is 9.78 Å². The number of esters is 1. The molecule has 138 valence electrons. The highest BCUT2D eigenvalue weighted by Gasteiger charge is 2.30.